The van der Waals surface area contributed by atoms with E-state index in [-0.39, 0.29) is 5.91 Å². The van der Waals surface area contributed by atoms with Gasteiger partial charge in [-0.25, -0.2) is 8.42 Å². The van der Waals surface area contributed by atoms with Crippen LogP contribution in [0.3, 0.4) is 0 Å². The summed E-state index contributed by atoms with van der Waals surface area (Å²) in [4.78, 5) is 14.6. The molecule has 1 aliphatic heterocycles. The first-order valence-electron chi connectivity index (χ1n) is 9.75. The Morgan fingerprint density at radius 2 is 1.81 bits per heavy atom. The Bertz CT molecular complexity index is 1210. The summed E-state index contributed by atoms with van der Waals surface area (Å²) in [6.45, 7) is 1.38. The second kappa shape index (κ2) is 8.72. The molecule has 0 bridgehead atoms. The molecule has 0 spiro atoms. The van der Waals surface area contributed by atoms with Crippen molar-refractivity contribution in [3.05, 3.63) is 59.7 Å². The molecule has 2 aromatic carbocycles. The van der Waals surface area contributed by atoms with E-state index in [0.29, 0.717) is 29.0 Å². The monoisotopic (exact) mass is 457 g/mol. The van der Waals surface area contributed by atoms with Gasteiger partial charge < -0.3 is 9.47 Å². The second-order valence-corrected chi connectivity index (χ2v) is 10.1. The number of sulfonamides is 1. The van der Waals surface area contributed by atoms with E-state index in [9.17, 15) is 13.2 Å². The van der Waals surface area contributed by atoms with Crippen LogP contribution in [0.4, 0.5) is 5.69 Å². The van der Waals surface area contributed by atoms with Crippen LogP contribution < -0.4 is 4.72 Å². The first-order valence-corrected chi connectivity index (χ1v) is 12.6. The molecule has 1 N–H and O–H groups in total. The molecular formula is C21H23N5O3S2. The molecular weight excluding hydrogens is 434 g/mol. The van der Waals surface area contributed by atoms with E-state index in [1.54, 1.807) is 24.3 Å². The van der Waals surface area contributed by atoms with E-state index in [4.69, 9.17) is 0 Å². The van der Waals surface area contributed by atoms with Gasteiger partial charge >= 0.3 is 0 Å². The van der Waals surface area contributed by atoms with Crippen molar-refractivity contribution in [3.63, 3.8) is 0 Å². The number of hydrogen-bond acceptors (Lipinski definition) is 6. The largest absolute Gasteiger partial charge is 0.337 e. The SMILES string of the molecule is Cn1c(SCC(=O)N2CCc3ccccc3C2)nnc1-c1ccc(NS(C)(=O)=O)cc1. The molecule has 3 aromatic rings. The number of fused-ring (bicyclic) bond motifs is 1. The molecule has 0 radical (unpaired) electrons. The molecule has 162 valence electrons. The van der Waals surface area contributed by atoms with E-state index in [2.05, 4.69) is 27.1 Å². The molecule has 0 unspecified atom stereocenters. The summed E-state index contributed by atoms with van der Waals surface area (Å²) in [6, 6.07) is 15.2. The molecule has 31 heavy (non-hydrogen) atoms. The van der Waals surface area contributed by atoms with E-state index in [0.717, 1.165) is 24.8 Å². The minimum atomic E-state index is -3.32. The number of hydrogen-bond donors (Lipinski definition) is 1. The van der Waals surface area contributed by atoms with Gasteiger partial charge in [-0.2, -0.15) is 0 Å². The number of amides is 1. The van der Waals surface area contributed by atoms with Gasteiger partial charge in [0.05, 0.1) is 12.0 Å². The lowest BCUT2D eigenvalue weighted by atomic mass is 10.00. The maximum atomic E-state index is 12.7. The van der Waals surface area contributed by atoms with Crippen molar-refractivity contribution >= 4 is 33.4 Å². The third-order valence-corrected chi connectivity index (χ3v) is 6.70. The fourth-order valence-electron chi connectivity index (χ4n) is 3.52. The Kier molecular flexibility index (Phi) is 6.01. The number of nitrogens with one attached hydrogen (secondary N) is 1. The average Bonchev–Trinajstić information content (AvgIpc) is 3.11. The Morgan fingerprint density at radius 3 is 2.52 bits per heavy atom. The molecule has 10 heteroatoms. The summed E-state index contributed by atoms with van der Waals surface area (Å²) in [5.41, 5.74) is 3.81. The van der Waals surface area contributed by atoms with E-state index >= 15 is 0 Å². The maximum Gasteiger partial charge on any atom is 0.233 e. The predicted octanol–water partition coefficient (Wildman–Crippen LogP) is 2.53. The molecule has 0 fully saturated rings. The normalized spacial score (nSPS) is 13.7. The van der Waals surface area contributed by atoms with Crippen LogP contribution in [0, 0.1) is 0 Å². The predicted molar refractivity (Wildman–Crippen MR) is 121 cm³/mol. The average molecular weight is 458 g/mol. The van der Waals surface area contributed by atoms with Crippen molar-refractivity contribution in [3.8, 4) is 11.4 Å². The summed E-state index contributed by atoms with van der Waals surface area (Å²) in [6.07, 6.45) is 1.99. The van der Waals surface area contributed by atoms with Gasteiger partial charge in [0.15, 0.2) is 11.0 Å². The molecule has 1 aliphatic rings. The van der Waals surface area contributed by atoms with Gasteiger partial charge in [-0.15, -0.1) is 10.2 Å². The lowest BCUT2D eigenvalue weighted by Crippen LogP contribution is -2.37. The van der Waals surface area contributed by atoms with Gasteiger partial charge in [0.2, 0.25) is 15.9 Å². The second-order valence-electron chi connectivity index (χ2n) is 7.44. The van der Waals surface area contributed by atoms with E-state index in [1.807, 2.05) is 28.6 Å². The molecule has 4 rings (SSSR count). The number of thioether (sulfide) groups is 1. The summed E-state index contributed by atoms with van der Waals surface area (Å²) < 4.78 is 27.0. The molecule has 1 amide bonds. The number of carbonyl (C=O) groups is 1. The fraction of sp³-hybridized carbons (Fsp3) is 0.286. The lowest BCUT2D eigenvalue weighted by molar-refractivity contribution is -0.129. The van der Waals surface area contributed by atoms with Gasteiger partial charge in [-0.3, -0.25) is 9.52 Å². The van der Waals surface area contributed by atoms with Crippen molar-refractivity contribution in [1.29, 1.82) is 0 Å². The van der Waals surface area contributed by atoms with Crippen molar-refractivity contribution < 1.29 is 13.2 Å². The summed E-state index contributed by atoms with van der Waals surface area (Å²) in [7, 11) is -1.47. The fourth-order valence-corrected chi connectivity index (χ4v) is 4.90. The zero-order valence-corrected chi connectivity index (χ0v) is 18.9. The van der Waals surface area contributed by atoms with Crippen LogP contribution in [-0.4, -0.2) is 52.5 Å². The van der Waals surface area contributed by atoms with Gasteiger partial charge in [0.25, 0.3) is 0 Å². The molecule has 0 saturated heterocycles. The molecule has 0 aliphatic carbocycles. The summed E-state index contributed by atoms with van der Waals surface area (Å²) in [5, 5.41) is 9.11. The quantitative estimate of drug-likeness (QED) is 0.572. The van der Waals surface area contributed by atoms with Gasteiger partial charge in [0.1, 0.15) is 0 Å². The summed E-state index contributed by atoms with van der Waals surface area (Å²) >= 11 is 1.36. The zero-order valence-electron chi connectivity index (χ0n) is 17.3. The Morgan fingerprint density at radius 1 is 1.10 bits per heavy atom. The topological polar surface area (TPSA) is 97.2 Å². The van der Waals surface area contributed by atoms with Crippen molar-refractivity contribution in [2.45, 2.75) is 18.1 Å². The third-order valence-electron chi connectivity index (χ3n) is 5.09. The number of aromatic nitrogens is 3. The molecule has 0 saturated carbocycles. The maximum absolute atomic E-state index is 12.7. The Balaban J connectivity index is 1.39. The number of benzene rings is 2. The smallest absolute Gasteiger partial charge is 0.233 e. The van der Waals surface area contributed by atoms with Crippen molar-refractivity contribution in [2.24, 2.45) is 7.05 Å². The van der Waals surface area contributed by atoms with Crippen LogP contribution in [0.2, 0.25) is 0 Å². The zero-order chi connectivity index (χ0) is 22.0. The third kappa shape index (κ3) is 5.08. The van der Waals surface area contributed by atoms with Crippen LogP contribution >= 0.6 is 11.8 Å². The molecule has 1 aromatic heterocycles. The van der Waals surface area contributed by atoms with Crippen LogP contribution in [0.15, 0.2) is 53.7 Å². The lowest BCUT2D eigenvalue weighted by Gasteiger charge is -2.28. The first kappa shape index (κ1) is 21.4. The number of carbonyl (C=O) groups excluding carboxylic acids is 1. The van der Waals surface area contributed by atoms with Gasteiger partial charge in [-0.05, 0) is 41.8 Å². The van der Waals surface area contributed by atoms with Crippen LogP contribution in [0.5, 0.6) is 0 Å². The summed E-state index contributed by atoms with van der Waals surface area (Å²) in [5.74, 6) is 1.03. The van der Waals surface area contributed by atoms with Crippen LogP contribution in [0.1, 0.15) is 11.1 Å². The highest BCUT2D eigenvalue weighted by Gasteiger charge is 2.21. The molecule has 0 atom stereocenters. The standard InChI is InChI=1S/C21H23N5O3S2/c1-25-20(16-7-9-18(10-8-16)24-31(2,28)29)22-23-21(25)30-14-19(27)26-12-11-15-5-3-4-6-17(15)13-26/h3-10,24H,11-14H2,1-2H3. The molecule has 2 heterocycles. The number of nitrogens with zero attached hydrogens (tertiary/aromatic N) is 4. The van der Waals surface area contributed by atoms with Crippen LogP contribution in [0.25, 0.3) is 11.4 Å². The number of rotatable bonds is 6. The van der Waals surface area contributed by atoms with Gasteiger partial charge in [-0.1, -0.05) is 36.0 Å². The highest BCUT2D eigenvalue weighted by molar-refractivity contribution is 7.99. The van der Waals surface area contributed by atoms with Crippen LogP contribution in [-0.2, 0) is 34.8 Å². The Hall–Kier alpha value is -2.85. The minimum Gasteiger partial charge on any atom is -0.337 e. The Labute approximate surface area is 185 Å². The highest BCUT2D eigenvalue weighted by Crippen LogP contribution is 2.25. The minimum absolute atomic E-state index is 0.0836. The van der Waals surface area contributed by atoms with Crippen molar-refractivity contribution in [2.75, 3.05) is 23.3 Å². The van der Waals surface area contributed by atoms with E-state index < -0.39 is 10.0 Å². The number of anilines is 1. The van der Waals surface area contributed by atoms with Crippen molar-refractivity contribution in [1.82, 2.24) is 19.7 Å². The first-order chi connectivity index (χ1) is 14.8. The highest BCUT2D eigenvalue weighted by atomic mass is 32.2. The van der Waals surface area contributed by atoms with Gasteiger partial charge in [0, 0.05) is 31.4 Å². The molecule has 8 nitrogen and oxygen atoms in total. The van der Waals surface area contributed by atoms with E-state index in [1.165, 1.54) is 22.9 Å².